The number of aryl methyl sites for hydroxylation is 1. The number of amides is 1. The fraction of sp³-hybridized carbons (Fsp3) is 0.381. The van der Waals surface area contributed by atoms with Gasteiger partial charge in [-0.3, -0.25) is 9.69 Å². The van der Waals surface area contributed by atoms with E-state index in [1.807, 2.05) is 18.2 Å². The second-order valence-corrected chi connectivity index (χ2v) is 10.4. The van der Waals surface area contributed by atoms with Gasteiger partial charge < -0.3 is 10.2 Å². The summed E-state index contributed by atoms with van der Waals surface area (Å²) in [6, 6.07) is 10.3. The van der Waals surface area contributed by atoms with Gasteiger partial charge in [-0.1, -0.05) is 42.1 Å². The number of aliphatic carboxylic acids is 1. The Bertz CT molecular complexity index is 1050. The first-order chi connectivity index (χ1) is 14.4. The SMILES string of the molecule is C[C@@H](O)[C@H]1C(=O)N2C(C(=O)O)=C(SC3CCn4c[n+](Cc5ccccc5)cc43)S[C@H]12. The van der Waals surface area contributed by atoms with E-state index < -0.39 is 18.0 Å². The molecule has 3 aliphatic rings. The van der Waals surface area contributed by atoms with Crippen LogP contribution in [0.15, 0.2) is 52.8 Å². The normalized spacial score (nSPS) is 25.9. The number of carbonyl (C=O) groups excluding carboxylic acids is 1. The average molecular weight is 445 g/mol. The first-order valence-electron chi connectivity index (χ1n) is 9.89. The number of aliphatic hydroxyl groups is 1. The molecule has 9 heteroatoms. The third kappa shape index (κ3) is 3.16. The van der Waals surface area contributed by atoms with E-state index in [0.717, 1.165) is 19.5 Å². The average Bonchev–Trinajstić information content (AvgIpc) is 3.35. The Balaban J connectivity index is 1.36. The van der Waals surface area contributed by atoms with Gasteiger partial charge >= 0.3 is 5.97 Å². The highest BCUT2D eigenvalue weighted by molar-refractivity contribution is 8.22. The molecule has 5 rings (SSSR count). The summed E-state index contributed by atoms with van der Waals surface area (Å²) in [6.07, 6.45) is 4.38. The van der Waals surface area contributed by atoms with Crippen LogP contribution in [0.3, 0.4) is 0 Å². The van der Waals surface area contributed by atoms with E-state index in [0.29, 0.717) is 4.24 Å². The molecule has 3 aliphatic heterocycles. The number of nitrogens with zero attached hydrogens (tertiary/aromatic N) is 3. The highest BCUT2D eigenvalue weighted by atomic mass is 32.2. The maximum Gasteiger partial charge on any atom is 0.354 e. The van der Waals surface area contributed by atoms with Crippen LogP contribution in [0.1, 0.15) is 29.9 Å². The van der Waals surface area contributed by atoms with Crippen molar-refractivity contribution in [3.8, 4) is 0 Å². The Morgan fingerprint density at radius 2 is 2.13 bits per heavy atom. The van der Waals surface area contributed by atoms with E-state index in [1.165, 1.54) is 39.7 Å². The quantitative estimate of drug-likeness (QED) is 0.525. The topological polar surface area (TPSA) is 86.7 Å². The molecule has 0 bridgehead atoms. The number of aliphatic hydroxyl groups excluding tert-OH is 1. The molecule has 7 nitrogen and oxygen atoms in total. The van der Waals surface area contributed by atoms with Crippen molar-refractivity contribution in [2.45, 2.75) is 43.2 Å². The molecule has 0 saturated carbocycles. The first kappa shape index (κ1) is 19.7. The fourth-order valence-electron chi connectivity index (χ4n) is 4.34. The van der Waals surface area contributed by atoms with Gasteiger partial charge in [0.15, 0.2) is 11.4 Å². The van der Waals surface area contributed by atoms with Gasteiger partial charge in [0, 0.05) is 6.42 Å². The lowest BCUT2D eigenvalue weighted by atomic mass is 9.92. The minimum Gasteiger partial charge on any atom is -0.477 e. The van der Waals surface area contributed by atoms with Crippen molar-refractivity contribution >= 4 is 35.4 Å². The molecule has 0 spiro atoms. The minimum atomic E-state index is -1.09. The zero-order valence-electron chi connectivity index (χ0n) is 16.3. The molecule has 1 aromatic carbocycles. The van der Waals surface area contributed by atoms with E-state index in [1.54, 1.807) is 6.92 Å². The van der Waals surface area contributed by atoms with Gasteiger partial charge in [0.05, 0.1) is 28.1 Å². The zero-order chi connectivity index (χ0) is 21.0. The number of benzene rings is 1. The number of rotatable bonds is 6. The molecule has 1 saturated heterocycles. The highest BCUT2D eigenvalue weighted by Gasteiger charge is 2.58. The molecule has 4 heterocycles. The number of aromatic nitrogens is 2. The van der Waals surface area contributed by atoms with Gasteiger partial charge in [0.2, 0.25) is 12.2 Å². The predicted molar refractivity (Wildman–Crippen MR) is 113 cm³/mol. The van der Waals surface area contributed by atoms with Gasteiger partial charge in [0.1, 0.15) is 18.1 Å². The van der Waals surface area contributed by atoms with Crippen LogP contribution in [0.5, 0.6) is 0 Å². The summed E-state index contributed by atoms with van der Waals surface area (Å²) in [5.41, 5.74) is 2.46. The molecule has 0 aliphatic carbocycles. The van der Waals surface area contributed by atoms with E-state index >= 15 is 0 Å². The molecule has 2 N–H and O–H groups in total. The van der Waals surface area contributed by atoms with Crippen molar-refractivity contribution in [2.75, 3.05) is 0 Å². The summed E-state index contributed by atoms with van der Waals surface area (Å²) in [7, 11) is 0. The molecule has 1 unspecified atom stereocenters. The van der Waals surface area contributed by atoms with E-state index in [9.17, 15) is 19.8 Å². The van der Waals surface area contributed by atoms with E-state index in [2.05, 4.69) is 33.8 Å². The second-order valence-electron chi connectivity index (χ2n) is 7.84. The van der Waals surface area contributed by atoms with Gasteiger partial charge in [-0.05, 0) is 12.5 Å². The Morgan fingerprint density at radius 3 is 2.83 bits per heavy atom. The number of hydrogen-bond acceptors (Lipinski definition) is 5. The monoisotopic (exact) mass is 444 g/mol. The maximum absolute atomic E-state index is 12.4. The lowest BCUT2D eigenvalue weighted by molar-refractivity contribution is -0.688. The standard InChI is InChI=1S/C21H21N3O4S2/c1-12(25)16-18(26)24-17(20(27)28)21(30-19(16)24)29-15-7-8-23-11-22(10-14(15)23)9-13-5-3-2-4-6-13/h2-6,10-12,15-16,19,25H,7-9H2,1H3/p+1/t12-,15?,16+,19-/m1/s1. The molecule has 2 aromatic rings. The van der Waals surface area contributed by atoms with Crippen molar-refractivity contribution < 1.29 is 24.4 Å². The summed E-state index contributed by atoms with van der Waals surface area (Å²) in [4.78, 5) is 25.6. The lowest BCUT2D eigenvalue weighted by Crippen LogP contribution is -2.60. The summed E-state index contributed by atoms with van der Waals surface area (Å²) in [5.74, 6) is -1.92. The molecule has 30 heavy (non-hydrogen) atoms. The highest BCUT2D eigenvalue weighted by Crippen LogP contribution is 2.57. The van der Waals surface area contributed by atoms with Crippen LogP contribution >= 0.6 is 23.5 Å². The van der Waals surface area contributed by atoms with Crippen LogP contribution in [0.25, 0.3) is 0 Å². The summed E-state index contributed by atoms with van der Waals surface area (Å²) in [6.45, 7) is 3.26. The number of thioether (sulfide) groups is 2. The fourth-order valence-corrected chi connectivity index (χ4v) is 7.63. The number of imidazole rings is 1. The molecular formula is C21H22N3O4S2+. The van der Waals surface area contributed by atoms with Gasteiger partial charge in [-0.15, -0.1) is 11.8 Å². The van der Waals surface area contributed by atoms with Crippen molar-refractivity contribution in [3.63, 3.8) is 0 Å². The van der Waals surface area contributed by atoms with Crippen LogP contribution in [0, 0.1) is 5.92 Å². The van der Waals surface area contributed by atoms with Gasteiger partial charge in [-0.25, -0.2) is 13.9 Å². The number of hydrogen-bond donors (Lipinski definition) is 2. The third-order valence-corrected chi connectivity index (χ3v) is 8.70. The maximum atomic E-state index is 12.4. The summed E-state index contributed by atoms with van der Waals surface area (Å²) in [5, 5.41) is 19.5. The molecule has 1 aromatic heterocycles. The largest absolute Gasteiger partial charge is 0.477 e. The van der Waals surface area contributed by atoms with E-state index in [-0.39, 0.29) is 22.2 Å². The summed E-state index contributed by atoms with van der Waals surface area (Å²) >= 11 is 2.93. The van der Waals surface area contributed by atoms with Crippen molar-refractivity contribution in [2.24, 2.45) is 5.92 Å². The lowest BCUT2D eigenvalue weighted by Gasteiger charge is -2.43. The summed E-state index contributed by atoms with van der Waals surface area (Å²) < 4.78 is 5.05. The molecule has 1 fully saturated rings. The molecule has 4 atom stereocenters. The van der Waals surface area contributed by atoms with Crippen LogP contribution in [0.4, 0.5) is 0 Å². The minimum absolute atomic E-state index is 0.0686. The zero-order valence-corrected chi connectivity index (χ0v) is 18.0. The first-order valence-corrected chi connectivity index (χ1v) is 11.6. The van der Waals surface area contributed by atoms with Gasteiger partial charge in [0.25, 0.3) is 0 Å². The van der Waals surface area contributed by atoms with Crippen molar-refractivity contribution in [1.82, 2.24) is 9.47 Å². The predicted octanol–water partition coefficient (Wildman–Crippen LogP) is 2.17. The number of carboxylic acids is 1. The smallest absolute Gasteiger partial charge is 0.354 e. The van der Waals surface area contributed by atoms with Crippen molar-refractivity contribution in [3.05, 3.63) is 64.0 Å². The van der Waals surface area contributed by atoms with Crippen LogP contribution in [-0.4, -0.2) is 43.0 Å². The van der Waals surface area contributed by atoms with Crippen LogP contribution in [0.2, 0.25) is 0 Å². The second kappa shape index (κ2) is 7.47. The van der Waals surface area contributed by atoms with Crippen LogP contribution < -0.4 is 4.57 Å². The third-order valence-electron chi connectivity index (χ3n) is 5.81. The van der Waals surface area contributed by atoms with Gasteiger partial charge in [-0.2, -0.15) is 0 Å². The molecular weight excluding hydrogens is 422 g/mol. The Kier molecular flexibility index (Phi) is 4.91. The molecule has 156 valence electrons. The molecule has 1 amide bonds. The molecule has 0 radical (unpaired) electrons. The Labute approximate surface area is 182 Å². The number of fused-ring (bicyclic) bond motifs is 2. The number of carboxylic acid groups (broad SMARTS) is 1. The van der Waals surface area contributed by atoms with Crippen LogP contribution in [-0.2, 0) is 22.7 Å². The number of β-lactam (4-membered cyclic amide) rings is 1. The van der Waals surface area contributed by atoms with Crippen molar-refractivity contribution in [1.29, 1.82) is 0 Å². The van der Waals surface area contributed by atoms with E-state index in [4.69, 9.17) is 0 Å². The Hall–Kier alpha value is -2.23. The number of carbonyl (C=O) groups is 2. The Morgan fingerprint density at radius 1 is 1.37 bits per heavy atom.